The highest BCUT2D eigenvalue weighted by Gasteiger charge is 2.58. The molecule has 0 bridgehead atoms. The van der Waals surface area contributed by atoms with E-state index in [1.54, 1.807) is 0 Å². The Morgan fingerprint density at radius 2 is 1.67 bits per heavy atom. The van der Waals surface area contributed by atoms with Crippen LogP contribution in [0.1, 0.15) is 19.8 Å². The van der Waals surface area contributed by atoms with Crippen LogP contribution in [0.3, 0.4) is 0 Å². The smallest absolute Gasteiger partial charge is 0.360 e. The molecule has 0 N–H and O–H groups in total. The minimum absolute atomic E-state index is 0.795. The number of alkyl halides is 3. The van der Waals surface area contributed by atoms with E-state index in [4.69, 9.17) is 5.53 Å². The van der Waals surface area contributed by atoms with E-state index in [0.717, 1.165) is 6.92 Å². The molecule has 82 valence electrons. The van der Waals surface area contributed by atoms with Gasteiger partial charge >= 0.3 is 11.9 Å². The Morgan fingerprint density at radius 3 is 1.93 bits per heavy atom. The van der Waals surface area contributed by atoms with E-state index in [0.29, 0.717) is 0 Å². The average molecular weight is 220 g/mol. The van der Waals surface area contributed by atoms with Crippen LogP contribution in [0.15, 0.2) is 0 Å². The largest absolute Gasteiger partial charge is 0.400 e. The van der Waals surface area contributed by atoms with Crippen LogP contribution in [-0.4, -0.2) is 28.2 Å². The molecule has 0 aromatic heterocycles. The first-order valence-electron chi connectivity index (χ1n) is 4.06. The normalized spacial score (nSPS) is 27.9. The van der Waals surface area contributed by atoms with Gasteiger partial charge in [-0.2, -0.15) is 18.0 Å². The fourth-order valence-electron chi connectivity index (χ4n) is 1.41. The third-order valence-corrected chi connectivity index (χ3v) is 2.41. The first-order chi connectivity index (χ1) is 6.71. The summed E-state index contributed by atoms with van der Waals surface area (Å²) in [4.78, 5) is 24.6. The van der Waals surface area contributed by atoms with E-state index < -0.39 is 41.7 Å². The van der Waals surface area contributed by atoms with E-state index in [-0.39, 0.29) is 0 Å². The van der Waals surface area contributed by atoms with Gasteiger partial charge in [0.2, 0.25) is 11.6 Å². The number of rotatable bonds is 0. The molecule has 4 nitrogen and oxygen atoms in total. The standard InChI is InChI=1S/C8H7F3N2O2/c1-7(8(9,10)11)2-4(14)6(13-12)5(15)3-7/h2-3H2,1H3. The first-order valence-corrected chi connectivity index (χ1v) is 4.06. The first kappa shape index (κ1) is 11.6. The van der Waals surface area contributed by atoms with Gasteiger partial charge in [-0.25, -0.2) is 0 Å². The summed E-state index contributed by atoms with van der Waals surface area (Å²) in [5.41, 5.74) is 5.12. The van der Waals surface area contributed by atoms with Gasteiger partial charge in [0.25, 0.3) is 0 Å². The molecule has 1 saturated carbocycles. The quantitative estimate of drug-likeness (QED) is 0.454. The second-order valence-electron chi connectivity index (χ2n) is 3.71. The van der Waals surface area contributed by atoms with Crippen molar-refractivity contribution in [2.45, 2.75) is 25.9 Å². The van der Waals surface area contributed by atoms with Gasteiger partial charge in [-0.3, -0.25) is 9.59 Å². The van der Waals surface area contributed by atoms with E-state index in [9.17, 15) is 22.8 Å². The lowest BCUT2D eigenvalue weighted by atomic mass is 9.73. The fourth-order valence-corrected chi connectivity index (χ4v) is 1.41. The van der Waals surface area contributed by atoms with Crippen LogP contribution >= 0.6 is 0 Å². The molecule has 0 aliphatic heterocycles. The lowest BCUT2D eigenvalue weighted by Gasteiger charge is -2.31. The molecule has 0 aromatic carbocycles. The molecular weight excluding hydrogens is 213 g/mol. The average Bonchev–Trinajstić information content (AvgIpc) is 2.00. The number of nitrogens with zero attached hydrogens (tertiary/aromatic N) is 2. The molecule has 0 unspecified atom stereocenters. The molecule has 0 spiro atoms. The number of Topliss-reactive ketones (excluding diaryl/α,β-unsaturated/α-hetero) is 2. The Labute approximate surface area is 82.7 Å². The monoisotopic (exact) mass is 220 g/mol. The van der Waals surface area contributed by atoms with Gasteiger partial charge in [0.1, 0.15) is 0 Å². The maximum absolute atomic E-state index is 12.5. The second-order valence-corrected chi connectivity index (χ2v) is 3.71. The number of carbonyl (C=O) groups is 2. The molecule has 0 saturated heterocycles. The van der Waals surface area contributed by atoms with Gasteiger partial charge in [0.05, 0.1) is 5.41 Å². The predicted octanol–water partition coefficient (Wildman–Crippen LogP) is 1.16. The second kappa shape index (κ2) is 3.27. The van der Waals surface area contributed by atoms with Crippen LogP contribution < -0.4 is 0 Å². The van der Waals surface area contributed by atoms with Gasteiger partial charge in [0.15, 0.2) is 0 Å². The summed E-state index contributed by atoms with van der Waals surface area (Å²) in [5, 5.41) is 0. The Kier molecular flexibility index (Phi) is 2.53. The van der Waals surface area contributed by atoms with Crippen molar-refractivity contribution >= 4 is 17.3 Å². The lowest BCUT2D eigenvalue weighted by molar-refractivity contribution is -0.222. The molecule has 7 heteroatoms. The molecule has 0 atom stereocenters. The molecule has 1 fully saturated rings. The zero-order valence-electron chi connectivity index (χ0n) is 7.76. The van der Waals surface area contributed by atoms with Crippen LogP contribution in [0.4, 0.5) is 13.2 Å². The molecule has 0 amide bonds. The van der Waals surface area contributed by atoms with Crippen molar-refractivity contribution in [2.75, 3.05) is 0 Å². The lowest BCUT2D eigenvalue weighted by Crippen LogP contribution is -2.47. The zero-order valence-corrected chi connectivity index (χ0v) is 7.76. The highest BCUT2D eigenvalue weighted by molar-refractivity contribution is 6.65. The van der Waals surface area contributed by atoms with Crippen LogP contribution in [0, 0.1) is 5.41 Å². The van der Waals surface area contributed by atoms with Gasteiger partial charge < -0.3 is 5.53 Å². The van der Waals surface area contributed by atoms with Crippen molar-refractivity contribution in [1.29, 1.82) is 0 Å². The molecule has 1 rings (SSSR count). The van der Waals surface area contributed by atoms with Crippen molar-refractivity contribution in [3.63, 3.8) is 0 Å². The van der Waals surface area contributed by atoms with Gasteiger partial charge in [-0.1, -0.05) is 6.92 Å². The summed E-state index contributed by atoms with van der Waals surface area (Å²) in [6.45, 7) is 0.803. The maximum atomic E-state index is 12.5. The van der Waals surface area contributed by atoms with Crippen molar-refractivity contribution < 1.29 is 27.6 Å². The van der Waals surface area contributed by atoms with Crippen molar-refractivity contribution in [3.05, 3.63) is 5.53 Å². The number of ketones is 2. The van der Waals surface area contributed by atoms with Crippen LogP contribution in [0.5, 0.6) is 0 Å². The summed E-state index contributed by atoms with van der Waals surface area (Å²) in [5.74, 6) is -2.15. The molecule has 1 aliphatic rings. The third-order valence-electron chi connectivity index (χ3n) is 2.41. The Balaban J connectivity index is 3.11. The van der Waals surface area contributed by atoms with Crippen molar-refractivity contribution in [3.8, 4) is 0 Å². The molecule has 15 heavy (non-hydrogen) atoms. The van der Waals surface area contributed by atoms with E-state index in [1.165, 1.54) is 0 Å². The van der Waals surface area contributed by atoms with E-state index in [1.807, 2.05) is 0 Å². The van der Waals surface area contributed by atoms with E-state index in [2.05, 4.69) is 4.79 Å². The number of hydrogen-bond acceptors (Lipinski definition) is 2. The summed E-state index contributed by atoms with van der Waals surface area (Å²) in [6.07, 6.45) is -6.34. The molecule has 1 aliphatic carbocycles. The molecule has 0 radical (unpaired) electrons. The number of hydrogen-bond donors (Lipinski definition) is 0. The number of carbonyl (C=O) groups excluding carboxylic acids is 2. The van der Waals surface area contributed by atoms with Gasteiger partial charge in [-0.05, 0) is 0 Å². The minimum Gasteiger partial charge on any atom is -0.360 e. The predicted molar refractivity (Wildman–Crippen MR) is 42.0 cm³/mol. The molecule has 0 aromatic rings. The summed E-state index contributed by atoms with van der Waals surface area (Å²) >= 11 is 0. The van der Waals surface area contributed by atoms with Crippen LogP contribution in [0.2, 0.25) is 0 Å². The van der Waals surface area contributed by atoms with Crippen molar-refractivity contribution in [2.24, 2.45) is 5.41 Å². The maximum Gasteiger partial charge on any atom is 0.400 e. The SMILES string of the molecule is CC1(C(F)(F)F)CC(=O)C(=[N+]=[N-])C(=O)C1. The summed E-state index contributed by atoms with van der Waals surface area (Å²) in [7, 11) is 0. The Bertz CT molecular complexity index is 360. The zero-order chi connectivity index (χ0) is 11.9. The fraction of sp³-hybridized carbons (Fsp3) is 0.625. The topological polar surface area (TPSA) is 70.5 Å². The summed E-state index contributed by atoms with van der Waals surface area (Å²) < 4.78 is 37.5. The Hall–Kier alpha value is -1.49. The highest BCUT2D eigenvalue weighted by Crippen LogP contribution is 2.45. The van der Waals surface area contributed by atoms with Crippen LogP contribution in [0.25, 0.3) is 5.53 Å². The summed E-state index contributed by atoms with van der Waals surface area (Å²) in [6, 6.07) is 0. The van der Waals surface area contributed by atoms with E-state index >= 15 is 0 Å². The molecular formula is C8H7F3N2O2. The van der Waals surface area contributed by atoms with Crippen LogP contribution in [-0.2, 0) is 9.59 Å². The molecule has 0 heterocycles. The van der Waals surface area contributed by atoms with Gasteiger partial charge in [-0.15, -0.1) is 0 Å². The number of halogens is 3. The minimum atomic E-state index is -4.63. The van der Waals surface area contributed by atoms with Crippen molar-refractivity contribution in [1.82, 2.24) is 0 Å². The Morgan fingerprint density at radius 1 is 1.27 bits per heavy atom. The van der Waals surface area contributed by atoms with Gasteiger partial charge in [0, 0.05) is 12.8 Å². The highest BCUT2D eigenvalue weighted by atomic mass is 19.4. The third kappa shape index (κ3) is 1.83.